The van der Waals surface area contributed by atoms with E-state index in [1.165, 1.54) is 0 Å². The lowest BCUT2D eigenvalue weighted by molar-refractivity contribution is 0.102. The van der Waals surface area contributed by atoms with Crippen molar-refractivity contribution in [2.24, 2.45) is 0 Å². The Morgan fingerprint density at radius 3 is 2.68 bits per heavy atom. The van der Waals surface area contributed by atoms with Crippen molar-refractivity contribution in [3.8, 4) is 5.75 Å². The largest absolute Gasteiger partial charge is 0.496 e. The van der Waals surface area contributed by atoms with E-state index in [1.807, 2.05) is 36.4 Å². The third-order valence-corrected chi connectivity index (χ3v) is 3.55. The molecule has 0 spiro atoms. The predicted molar refractivity (Wildman–Crippen MR) is 90.7 cm³/mol. The highest BCUT2D eigenvalue weighted by Crippen LogP contribution is 2.22. The van der Waals surface area contributed by atoms with E-state index in [0.29, 0.717) is 12.0 Å². The Kier molecular flexibility index (Phi) is 5.37. The fourth-order valence-electron chi connectivity index (χ4n) is 2.38. The molecule has 0 heterocycles. The van der Waals surface area contributed by atoms with E-state index >= 15 is 0 Å². The molecule has 0 fully saturated rings. The first kappa shape index (κ1) is 15.8. The van der Waals surface area contributed by atoms with Crippen molar-refractivity contribution in [1.82, 2.24) is 0 Å². The Morgan fingerprint density at radius 1 is 1.23 bits per heavy atom. The van der Waals surface area contributed by atoms with Crippen molar-refractivity contribution in [1.29, 1.82) is 0 Å². The number of rotatable bonds is 6. The van der Waals surface area contributed by atoms with Crippen molar-refractivity contribution in [3.05, 3.63) is 71.8 Å². The monoisotopic (exact) mass is 295 g/mol. The van der Waals surface area contributed by atoms with Gasteiger partial charge in [-0.1, -0.05) is 31.2 Å². The molecule has 0 saturated heterocycles. The van der Waals surface area contributed by atoms with Crippen molar-refractivity contribution >= 4 is 11.6 Å². The second-order valence-corrected chi connectivity index (χ2v) is 4.98. The second kappa shape index (κ2) is 7.46. The SMILES string of the molecule is C=CCc1cc(C(=O)Nc2ccccc2CC)ccc1OC. The fraction of sp³-hybridized carbons (Fsp3) is 0.211. The number of hydrogen-bond acceptors (Lipinski definition) is 2. The average molecular weight is 295 g/mol. The molecule has 0 aromatic heterocycles. The quantitative estimate of drug-likeness (QED) is 0.810. The van der Waals surface area contributed by atoms with Gasteiger partial charge in [0.25, 0.3) is 5.91 Å². The van der Waals surface area contributed by atoms with Crippen LogP contribution >= 0.6 is 0 Å². The third-order valence-electron chi connectivity index (χ3n) is 3.55. The average Bonchev–Trinajstić information content (AvgIpc) is 2.55. The number of ether oxygens (including phenoxy) is 1. The fourth-order valence-corrected chi connectivity index (χ4v) is 2.38. The highest BCUT2D eigenvalue weighted by Gasteiger charge is 2.11. The van der Waals surface area contributed by atoms with Crippen LogP contribution in [0.4, 0.5) is 5.69 Å². The van der Waals surface area contributed by atoms with Gasteiger partial charge in [-0.3, -0.25) is 4.79 Å². The van der Waals surface area contributed by atoms with Gasteiger partial charge < -0.3 is 10.1 Å². The van der Waals surface area contributed by atoms with Crippen molar-refractivity contribution in [2.75, 3.05) is 12.4 Å². The molecule has 2 aromatic rings. The summed E-state index contributed by atoms with van der Waals surface area (Å²) < 4.78 is 5.31. The first-order valence-corrected chi connectivity index (χ1v) is 7.36. The van der Waals surface area contributed by atoms with E-state index in [2.05, 4.69) is 18.8 Å². The summed E-state index contributed by atoms with van der Waals surface area (Å²) in [4.78, 5) is 12.5. The van der Waals surface area contributed by atoms with Crippen molar-refractivity contribution in [2.45, 2.75) is 19.8 Å². The second-order valence-electron chi connectivity index (χ2n) is 4.98. The van der Waals surface area contributed by atoms with Crippen LogP contribution in [0.25, 0.3) is 0 Å². The Morgan fingerprint density at radius 2 is 2.00 bits per heavy atom. The van der Waals surface area contributed by atoms with Crippen molar-refractivity contribution in [3.63, 3.8) is 0 Å². The lowest BCUT2D eigenvalue weighted by atomic mass is 10.1. The summed E-state index contributed by atoms with van der Waals surface area (Å²) >= 11 is 0. The smallest absolute Gasteiger partial charge is 0.255 e. The number of methoxy groups -OCH3 is 1. The maximum absolute atomic E-state index is 12.5. The summed E-state index contributed by atoms with van der Waals surface area (Å²) in [5, 5.41) is 2.98. The van der Waals surface area contributed by atoms with Gasteiger partial charge in [-0.15, -0.1) is 6.58 Å². The molecule has 0 saturated carbocycles. The van der Waals surface area contributed by atoms with Crippen LogP contribution in [0.2, 0.25) is 0 Å². The van der Waals surface area contributed by atoms with Crippen LogP contribution in [0.15, 0.2) is 55.1 Å². The molecule has 3 heteroatoms. The molecule has 0 aliphatic carbocycles. The van der Waals surface area contributed by atoms with E-state index in [9.17, 15) is 4.79 Å². The predicted octanol–water partition coefficient (Wildman–Crippen LogP) is 4.24. The molecule has 2 rings (SSSR count). The summed E-state index contributed by atoms with van der Waals surface area (Å²) in [6.07, 6.45) is 3.34. The zero-order chi connectivity index (χ0) is 15.9. The minimum absolute atomic E-state index is 0.117. The lowest BCUT2D eigenvalue weighted by Gasteiger charge is -2.12. The number of anilines is 1. The molecule has 0 aliphatic rings. The summed E-state index contributed by atoms with van der Waals surface area (Å²) in [5.74, 6) is 0.652. The molecule has 0 aliphatic heterocycles. The number of para-hydroxylation sites is 1. The minimum Gasteiger partial charge on any atom is -0.496 e. The maximum Gasteiger partial charge on any atom is 0.255 e. The van der Waals surface area contributed by atoms with E-state index in [4.69, 9.17) is 4.74 Å². The van der Waals surface area contributed by atoms with E-state index in [0.717, 1.165) is 29.0 Å². The zero-order valence-corrected chi connectivity index (χ0v) is 13.1. The molecule has 0 atom stereocenters. The highest BCUT2D eigenvalue weighted by molar-refractivity contribution is 6.04. The van der Waals surface area contributed by atoms with Crippen LogP contribution in [0.3, 0.4) is 0 Å². The molecule has 0 radical (unpaired) electrons. The molecule has 1 amide bonds. The first-order chi connectivity index (χ1) is 10.7. The number of nitrogens with one attached hydrogen (secondary N) is 1. The van der Waals surface area contributed by atoms with Gasteiger partial charge in [-0.25, -0.2) is 0 Å². The van der Waals surface area contributed by atoms with E-state index in [-0.39, 0.29) is 5.91 Å². The van der Waals surface area contributed by atoms with Gasteiger partial charge in [0.05, 0.1) is 7.11 Å². The van der Waals surface area contributed by atoms with Gasteiger partial charge in [0.1, 0.15) is 5.75 Å². The van der Waals surface area contributed by atoms with Gasteiger partial charge in [-0.05, 0) is 48.2 Å². The molecular weight excluding hydrogens is 274 g/mol. The summed E-state index contributed by atoms with van der Waals surface area (Å²) in [5.41, 5.74) is 3.55. The van der Waals surface area contributed by atoms with Gasteiger partial charge in [0, 0.05) is 11.3 Å². The lowest BCUT2D eigenvalue weighted by Crippen LogP contribution is -2.13. The van der Waals surface area contributed by atoms with Crippen LogP contribution in [0, 0.1) is 0 Å². The number of benzene rings is 2. The first-order valence-electron chi connectivity index (χ1n) is 7.36. The Bertz CT molecular complexity index is 677. The zero-order valence-electron chi connectivity index (χ0n) is 13.1. The van der Waals surface area contributed by atoms with E-state index in [1.54, 1.807) is 19.3 Å². The van der Waals surface area contributed by atoms with Crippen LogP contribution < -0.4 is 10.1 Å². The molecule has 22 heavy (non-hydrogen) atoms. The number of aryl methyl sites for hydroxylation is 1. The molecule has 1 N–H and O–H groups in total. The van der Waals surface area contributed by atoms with Crippen LogP contribution in [-0.2, 0) is 12.8 Å². The van der Waals surface area contributed by atoms with Crippen molar-refractivity contribution < 1.29 is 9.53 Å². The number of amides is 1. The molecule has 3 nitrogen and oxygen atoms in total. The van der Waals surface area contributed by atoms with Crippen LogP contribution in [0.1, 0.15) is 28.4 Å². The van der Waals surface area contributed by atoms with Gasteiger partial charge in [-0.2, -0.15) is 0 Å². The summed E-state index contributed by atoms with van der Waals surface area (Å²) in [6, 6.07) is 13.3. The Hall–Kier alpha value is -2.55. The van der Waals surface area contributed by atoms with Gasteiger partial charge in [0.15, 0.2) is 0 Å². The molecule has 0 unspecified atom stereocenters. The standard InChI is InChI=1S/C19H21NO2/c1-4-8-15-13-16(11-12-18(15)22-3)19(21)20-17-10-7-6-9-14(17)5-2/h4,6-7,9-13H,1,5,8H2,2-3H3,(H,20,21). The number of hydrogen-bond donors (Lipinski definition) is 1. The van der Waals surface area contributed by atoms with E-state index < -0.39 is 0 Å². The van der Waals surface area contributed by atoms with Crippen LogP contribution in [0.5, 0.6) is 5.75 Å². The number of carbonyl (C=O) groups is 1. The molecule has 0 bridgehead atoms. The molecule has 114 valence electrons. The highest BCUT2D eigenvalue weighted by atomic mass is 16.5. The Labute approximate surface area is 131 Å². The summed E-state index contributed by atoms with van der Waals surface area (Å²) in [7, 11) is 1.62. The van der Waals surface area contributed by atoms with Gasteiger partial charge in [0.2, 0.25) is 0 Å². The number of carbonyl (C=O) groups excluding carboxylic acids is 1. The van der Waals surface area contributed by atoms with Gasteiger partial charge >= 0.3 is 0 Å². The topological polar surface area (TPSA) is 38.3 Å². The Balaban J connectivity index is 2.26. The number of allylic oxidation sites excluding steroid dienone is 1. The minimum atomic E-state index is -0.117. The molecular formula is C19H21NO2. The maximum atomic E-state index is 12.5. The third kappa shape index (κ3) is 3.55. The van der Waals surface area contributed by atoms with Crippen LogP contribution in [-0.4, -0.2) is 13.0 Å². The summed E-state index contributed by atoms with van der Waals surface area (Å²) in [6.45, 7) is 5.81. The normalized spacial score (nSPS) is 10.1. The molecule has 2 aromatic carbocycles.